The Labute approximate surface area is 372 Å². The SMILES string of the molecule is CCCCC/C=C\CCCCCCC(O)C(=O)NC(COC1OC(CO)C(O)C(O)C1O)C(O)C(O)CCCCCCCCCCCCCCCCCCCCCCCCC. The monoisotopic (exact) mass is 872 g/mol. The summed E-state index contributed by atoms with van der Waals surface area (Å²) in [4.78, 5) is 13.1. The van der Waals surface area contributed by atoms with E-state index in [1.54, 1.807) is 0 Å². The van der Waals surface area contributed by atoms with E-state index in [-0.39, 0.29) is 6.42 Å². The van der Waals surface area contributed by atoms with Crippen LogP contribution in [-0.4, -0.2) is 110 Å². The van der Waals surface area contributed by atoms with Crippen LogP contribution in [0.25, 0.3) is 0 Å². The van der Waals surface area contributed by atoms with Gasteiger partial charge in [-0.1, -0.05) is 206 Å². The van der Waals surface area contributed by atoms with Crippen molar-refractivity contribution >= 4 is 5.91 Å². The van der Waals surface area contributed by atoms with Crippen LogP contribution in [0.5, 0.6) is 0 Å². The number of rotatable bonds is 43. The number of aliphatic hydroxyl groups is 7. The number of unbranched alkanes of at least 4 members (excludes halogenated alkanes) is 29. The molecule has 362 valence electrons. The fraction of sp³-hybridized carbons (Fsp3) is 0.940. The molecule has 1 aliphatic rings. The highest BCUT2D eigenvalue weighted by Crippen LogP contribution is 2.23. The summed E-state index contributed by atoms with van der Waals surface area (Å²) in [7, 11) is 0. The first-order valence-corrected chi connectivity index (χ1v) is 25.6. The van der Waals surface area contributed by atoms with E-state index in [0.717, 1.165) is 51.4 Å². The highest BCUT2D eigenvalue weighted by Gasteiger charge is 2.44. The van der Waals surface area contributed by atoms with Gasteiger partial charge in [0.05, 0.1) is 25.4 Å². The highest BCUT2D eigenvalue weighted by molar-refractivity contribution is 5.80. The van der Waals surface area contributed by atoms with Crippen molar-refractivity contribution in [3.63, 3.8) is 0 Å². The number of hydrogen-bond acceptors (Lipinski definition) is 10. The summed E-state index contributed by atoms with van der Waals surface area (Å²) in [5.74, 6) is -0.705. The molecule has 1 amide bonds. The summed E-state index contributed by atoms with van der Waals surface area (Å²) < 4.78 is 11.1. The molecule has 8 N–H and O–H groups in total. The predicted molar refractivity (Wildman–Crippen MR) is 247 cm³/mol. The van der Waals surface area contributed by atoms with Crippen molar-refractivity contribution < 1.29 is 50.0 Å². The Bertz CT molecular complexity index is 1000. The van der Waals surface area contributed by atoms with Gasteiger partial charge in [-0.15, -0.1) is 0 Å². The number of hydrogen-bond donors (Lipinski definition) is 8. The smallest absolute Gasteiger partial charge is 0.249 e. The van der Waals surface area contributed by atoms with Crippen molar-refractivity contribution in [2.45, 2.75) is 287 Å². The molecule has 1 fully saturated rings. The van der Waals surface area contributed by atoms with Crippen LogP contribution in [0.4, 0.5) is 0 Å². The third kappa shape index (κ3) is 29.8. The largest absolute Gasteiger partial charge is 0.394 e. The number of carbonyl (C=O) groups is 1. The number of carbonyl (C=O) groups excluding carboxylic acids is 1. The quantitative estimate of drug-likeness (QED) is 0.0217. The molecule has 0 aliphatic carbocycles. The van der Waals surface area contributed by atoms with Gasteiger partial charge in [-0.3, -0.25) is 4.79 Å². The molecule has 0 aromatic carbocycles. The van der Waals surface area contributed by atoms with Crippen molar-refractivity contribution in [3.05, 3.63) is 12.2 Å². The maximum atomic E-state index is 13.1. The van der Waals surface area contributed by atoms with Crippen LogP contribution in [0.3, 0.4) is 0 Å². The van der Waals surface area contributed by atoms with E-state index in [9.17, 15) is 40.5 Å². The second-order valence-corrected chi connectivity index (χ2v) is 18.2. The van der Waals surface area contributed by atoms with Gasteiger partial charge >= 0.3 is 0 Å². The Morgan fingerprint density at radius 3 is 1.41 bits per heavy atom. The van der Waals surface area contributed by atoms with Crippen molar-refractivity contribution in [2.24, 2.45) is 0 Å². The number of amides is 1. The minimum absolute atomic E-state index is 0.247. The van der Waals surface area contributed by atoms with E-state index in [1.165, 1.54) is 141 Å². The zero-order chi connectivity index (χ0) is 44.8. The van der Waals surface area contributed by atoms with E-state index >= 15 is 0 Å². The molecule has 11 nitrogen and oxygen atoms in total. The lowest BCUT2D eigenvalue weighted by atomic mass is 9.98. The van der Waals surface area contributed by atoms with Crippen LogP contribution in [0.1, 0.15) is 232 Å². The van der Waals surface area contributed by atoms with Crippen molar-refractivity contribution in [1.29, 1.82) is 0 Å². The molecule has 0 aromatic rings. The molecule has 0 radical (unpaired) electrons. The third-order valence-corrected chi connectivity index (χ3v) is 12.6. The zero-order valence-electron chi connectivity index (χ0n) is 39.2. The molecular weight excluding hydrogens is 775 g/mol. The Morgan fingerprint density at radius 2 is 0.951 bits per heavy atom. The van der Waals surface area contributed by atoms with Gasteiger partial charge in [0, 0.05) is 0 Å². The van der Waals surface area contributed by atoms with Crippen LogP contribution in [0, 0.1) is 0 Å². The summed E-state index contributed by atoms with van der Waals surface area (Å²) in [6, 6.07) is -1.17. The first kappa shape index (κ1) is 57.9. The van der Waals surface area contributed by atoms with Gasteiger partial charge in [0.1, 0.15) is 36.6 Å². The van der Waals surface area contributed by atoms with Crippen LogP contribution in [-0.2, 0) is 14.3 Å². The normalized spacial score (nSPS) is 21.5. The summed E-state index contributed by atoms with van der Waals surface area (Å²) in [5.41, 5.74) is 0. The van der Waals surface area contributed by atoms with Gasteiger partial charge < -0.3 is 50.5 Å². The summed E-state index contributed by atoms with van der Waals surface area (Å²) in [6.45, 7) is 3.42. The maximum Gasteiger partial charge on any atom is 0.249 e. The molecule has 61 heavy (non-hydrogen) atoms. The molecule has 0 aromatic heterocycles. The van der Waals surface area contributed by atoms with Crippen LogP contribution in [0.15, 0.2) is 12.2 Å². The van der Waals surface area contributed by atoms with E-state index in [2.05, 4.69) is 31.3 Å². The standard InChI is InChI=1S/C50H97NO10/c1-3-5-7-9-11-13-15-16-17-18-19-20-21-22-23-24-25-26-28-29-31-33-35-37-42(53)45(55)41(40-60-50-48(58)47(57)46(56)44(39-52)61-50)51-49(59)43(54)38-36-34-32-30-27-14-12-10-8-6-4-2/h12,14,41-48,50,52-58H,3-11,13,15-40H2,1-2H3,(H,51,59)/b14-12-. The van der Waals surface area contributed by atoms with E-state index in [1.807, 2.05) is 0 Å². The van der Waals surface area contributed by atoms with Gasteiger partial charge in [-0.05, 0) is 38.5 Å². The van der Waals surface area contributed by atoms with Crippen LogP contribution in [0.2, 0.25) is 0 Å². The van der Waals surface area contributed by atoms with Gasteiger partial charge in [0.2, 0.25) is 5.91 Å². The second kappa shape index (κ2) is 40.4. The Balaban J connectivity index is 2.33. The minimum atomic E-state index is -1.66. The average molecular weight is 872 g/mol. The van der Waals surface area contributed by atoms with Gasteiger partial charge in [-0.25, -0.2) is 0 Å². The molecule has 1 saturated heterocycles. The Kier molecular flexibility index (Phi) is 38.3. The summed E-state index contributed by atoms with van der Waals surface area (Å²) in [6.07, 6.45) is 32.7. The predicted octanol–water partition coefficient (Wildman–Crippen LogP) is 9.23. The third-order valence-electron chi connectivity index (χ3n) is 12.6. The fourth-order valence-corrected chi connectivity index (χ4v) is 8.32. The molecule has 1 heterocycles. The number of aliphatic hydroxyl groups excluding tert-OH is 7. The van der Waals surface area contributed by atoms with Crippen LogP contribution >= 0.6 is 0 Å². The first-order chi connectivity index (χ1) is 29.7. The molecule has 1 aliphatic heterocycles. The lowest BCUT2D eigenvalue weighted by molar-refractivity contribution is -0.303. The summed E-state index contributed by atoms with van der Waals surface area (Å²) in [5, 5.41) is 75.7. The maximum absolute atomic E-state index is 13.1. The molecule has 0 spiro atoms. The molecule has 9 unspecified atom stereocenters. The van der Waals surface area contributed by atoms with Crippen molar-refractivity contribution in [1.82, 2.24) is 5.32 Å². The Hall–Kier alpha value is -1.15. The highest BCUT2D eigenvalue weighted by atomic mass is 16.7. The zero-order valence-corrected chi connectivity index (χ0v) is 39.2. The fourth-order valence-electron chi connectivity index (χ4n) is 8.32. The molecular formula is C50H97NO10. The van der Waals surface area contributed by atoms with E-state index < -0.39 is 74.2 Å². The topological polar surface area (TPSA) is 189 Å². The Morgan fingerprint density at radius 1 is 0.557 bits per heavy atom. The first-order valence-electron chi connectivity index (χ1n) is 25.6. The number of nitrogens with one attached hydrogen (secondary N) is 1. The van der Waals surface area contributed by atoms with E-state index in [4.69, 9.17) is 9.47 Å². The van der Waals surface area contributed by atoms with E-state index in [0.29, 0.717) is 19.3 Å². The molecule has 9 atom stereocenters. The second-order valence-electron chi connectivity index (χ2n) is 18.2. The molecule has 0 saturated carbocycles. The minimum Gasteiger partial charge on any atom is -0.394 e. The molecule has 1 rings (SSSR count). The van der Waals surface area contributed by atoms with Gasteiger partial charge in [0.25, 0.3) is 0 Å². The lowest BCUT2D eigenvalue weighted by Gasteiger charge is -2.40. The summed E-state index contributed by atoms with van der Waals surface area (Å²) >= 11 is 0. The van der Waals surface area contributed by atoms with Gasteiger partial charge in [0.15, 0.2) is 6.29 Å². The number of allylic oxidation sites excluding steroid dienone is 2. The molecule has 11 heteroatoms. The van der Waals surface area contributed by atoms with Gasteiger partial charge in [-0.2, -0.15) is 0 Å². The average Bonchev–Trinajstić information content (AvgIpc) is 3.26. The van der Waals surface area contributed by atoms with Crippen molar-refractivity contribution in [2.75, 3.05) is 13.2 Å². The lowest BCUT2D eigenvalue weighted by Crippen LogP contribution is -2.60. The van der Waals surface area contributed by atoms with Crippen LogP contribution < -0.4 is 5.32 Å². The van der Waals surface area contributed by atoms with Crippen molar-refractivity contribution in [3.8, 4) is 0 Å². The molecule has 0 bridgehead atoms. The number of ether oxygens (including phenoxy) is 2.